The predicted octanol–water partition coefficient (Wildman–Crippen LogP) is 4.87. The highest BCUT2D eigenvalue weighted by atomic mass is 79.9. The van der Waals surface area contributed by atoms with Crippen LogP contribution in [0.5, 0.6) is 0 Å². The Kier molecular flexibility index (Phi) is 3.71. The molecule has 1 atom stereocenters. The molecular formula is C14H10Br2N2S. The minimum absolute atomic E-state index is 0.161. The first kappa shape index (κ1) is 13.2. The highest BCUT2D eigenvalue weighted by Gasteiger charge is 2.16. The maximum atomic E-state index is 6.39. The molecule has 0 spiro atoms. The zero-order valence-electron chi connectivity index (χ0n) is 9.81. The fourth-order valence-electron chi connectivity index (χ4n) is 2.06. The summed E-state index contributed by atoms with van der Waals surface area (Å²) in [5.74, 6) is 0. The van der Waals surface area contributed by atoms with Gasteiger partial charge < -0.3 is 5.73 Å². The van der Waals surface area contributed by atoms with E-state index in [0.29, 0.717) is 0 Å². The van der Waals surface area contributed by atoms with Gasteiger partial charge in [-0.2, -0.15) is 0 Å². The molecule has 96 valence electrons. The molecule has 0 aliphatic rings. The van der Waals surface area contributed by atoms with Gasteiger partial charge in [-0.3, -0.25) is 4.98 Å². The van der Waals surface area contributed by atoms with Gasteiger partial charge in [-0.1, -0.05) is 24.3 Å². The smallest absolute Gasteiger partial charge is 0.0843 e. The van der Waals surface area contributed by atoms with Crippen molar-refractivity contribution in [2.24, 2.45) is 5.73 Å². The van der Waals surface area contributed by atoms with Crippen molar-refractivity contribution in [2.45, 2.75) is 6.04 Å². The normalized spacial score (nSPS) is 12.8. The lowest BCUT2D eigenvalue weighted by Gasteiger charge is -2.12. The van der Waals surface area contributed by atoms with Crippen LogP contribution >= 0.6 is 43.2 Å². The lowest BCUT2D eigenvalue weighted by atomic mass is 10.0. The van der Waals surface area contributed by atoms with Crippen LogP contribution in [0.25, 0.3) is 10.8 Å². The van der Waals surface area contributed by atoms with Crippen LogP contribution in [0.4, 0.5) is 0 Å². The van der Waals surface area contributed by atoms with E-state index in [-0.39, 0.29) is 6.04 Å². The van der Waals surface area contributed by atoms with Crippen molar-refractivity contribution in [3.63, 3.8) is 0 Å². The number of fused-ring (bicyclic) bond motifs is 1. The SMILES string of the molecule is NC(c1cc(Br)c(Br)s1)c1cncc2ccccc12. The Labute approximate surface area is 131 Å². The number of halogens is 2. The summed E-state index contributed by atoms with van der Waals surface area (Å²) in [6, 6.07) is 10.1. The molecule has 0 fully saturated rings. The van der Waals surface area contributed by atoms with E-state index >= 15 is 0 Å². The Hall–Kier alpha value is -0.750. The summed E-state index contributed by atoms with van der Waals surface area (Å²) in [4.78, 5) is 5.40. The van der Waals surface area contributed by atoms with E-state index in [9.17, 15) is 0 Å². The third-order valence-corrected chi connectivity index (χ3v) is 6.34. The minimum atomic E-state index is -0.161. The number of thiophene rings is 1. The van der Waals surface area contributed by atoms with Crippen molar-refractivity contribution in [2.75, 3.05) is 0 Å². The Balaban J connectivity index is 2.13. The average molecular weight is 398 g/mol. The van der Waals surface area contributed by atoms with E-state index in [4.69, 9.17) is 5.73 Å². The fourth-order valence-corrected chi connectivity index (χ4v) is 4.17. The summed E-state index contributed by atoms with van der Waals surface area (Å²) in [5, 5.41) is 2.27. The molecule has 1 aromatic carbocycles. The van der Waals surface area contributed by atoms with Gasteiger partial charge in [-0.05, 0) is 43.3 Å². The van der Waals surface area contributed by atoms with Crippen LogP contribution in [-0.2, 0) is 0 Å². The molecule has 0 saturated carbocycles. The van der Waals surface area contributed by atoms with Crippen LogP contribution in [0.2, 0.25) is 0 Å². The first-order valence-corrected chi connectivity index (χ1v) is 8.10. The van der Waals surface area contributed by atoms with Crippen LogP contribution in [0.15, 0.2) is 51.0 Å². The van der Waals surface area contributed by atoms with Gasteiger partial charge in [0.2, 0.25) is 0 Å². The van der Waals surface area contributed by atoms with Crippen molar-refractivity contribution in [3.05, 3.63) is 61.4 Å². The van der Waals surface area contributed by atoms with Gasteiger partial charge in [-0.25, -0.2) is 0 Å². The molecule has 3 rings (SSSR count). The lowest BCUT2D eigenvalue weighted by Crippen LogP contribution is -2.11. The zero-order valence-corrected chi connectivity index (χ0v) is 13.8. The van der Waals surface area contributed by atoms with Crippen molar-refractivity contribution < 1.29 is 0 Å². The summed E-state index contributed by atoms with van der Waals surface area (Å²) in [6.45, 7) is 0. The zero-order chi connectivity index (χ0) is 13.4. The molecule has 2 aromatic heterocycles. The number of pyridine rings is 1. The number of rotatable bonds is 2. The molecule has 0 radical (unpaired) electrons. The first-order chi connectivity index (χ1) is 9.16. The molecule has 3 aromatic rings. The van der Waals surface area contributed by atoms with Gasteiger partial charge in [-0.15, -0.1) is 11.3 Å². The van der Waals surface area contributed by atoms with E-state index in [1.165, 1.54) is 0 Å². The van der Waals surface area contributed by atoms with Gasteiger partial charge in [0, 0.05) is 32.7 Å². The molecule has 5 heteroatoms. The maximum absolute atomic E-state index is 6.39. The number of hydrogen-bond acceptors (Lipinski definition) is 3. The molecule has 2 N–H and O–H groups in total. The van der Waals surface area contributed by atoms with Crippen molar-refractivity contribution >= 4 is 54.0 Å². The molecular weight excluding hydrogens is 388 g/mol. The second-order valence-corrected chi connectivity index (χ2v) is 7.45. The van der Waals surface area contributed by atoms with Crippen LogP contribution in [0, 0.1) is 0 Å². The summed E-state index contributed by atoms with van der Waals surface area (Å²) in [6.07, 6.45) is 3.72. The molecule has 0 amide bonds. The Morgan fingerprint density at radius 1 is 1.16 bits per heavy atom. The van der Waals surface area contributed by atoms with Crippen LogP contribution in [0.1, 0.15) is 16.5 Å². The van der Waals surface area contributed by atoms with Crippen LogP contribution < -0.4 is 5.73 Å². The first-order valence-electron chi connectivity index (χ1n) is 5.70. The van der Waals surface area contributed by atoms with Crippen LogP contribution in [-0.4, -0.2) is 4.98 Å². The van der Waals surface area contributed by atoms with Gasteiger partial charge in [0.05, 0.1) is 9.83 Å². The highest BCUT2D eigenvalue weighted by Crippen LogP contribution is 2.37. The van der Waals surface area contributed by atoms with E-state index < -0.39 is 0 Å². The molecule has 0 aliphatic carbocycles. The third-order valence-electron chi connectivity index (χ3n) is 3.00. The lowest BCUT2D eigenvalue weighted by molar-refractivity contribution is 0.895. The summed E-state index contributed by atoms with van der Waals surface area (Å²) in [7, 11) is 0. The highest BCUT2D eigenvalue weighted by molar-refractivity contribution is 9.13. The number of benzene rings is 1. The number of hydrogen-bond donors (Lipinski definition) is 1. The van der Waals surface area contributed by atoms with Crippen molar-refractivity contribution in [3.8, 4) is 0 Å². The maximum Gasteiger partial charge on any atom is 0.0843 e. The van der Waals surface area contributed by atoms with E-state index in [1.54, 1.807) is 11.3 Å². The summed E-state index contributed by atoms with van der Waals surface area (Å²) < 4.78 is 2.10. The van der Waals surface area contributed by atoms with Gasteiger partial charge in [0.1, 0.15) is 0 Å². The fraction of sp³-hybridized carbons (Fsp3) is 0.0714. The molecule has 2 nitrogen and oxygen atoms in total. The second-order valence-electron chi connectivity index (χ2n) is 4.20. The average Bonchev–Trinajstić information content (AvgIpc) is 2.77. The number of aromatic nitrogens is 1. The third kappa shape index (κ3) is 2.48. The number of nitrogens with zero attached hydrogens (tertiary/aromatic N) is 1. The molecule has 0 bridgehead atoms. The van der Waals surface area contributed by atoms with E-state index in [0.717, 1.165) is 29.5 Å². The van der Waals surface area contributed by atoms with Gasteiger partial charge >= 0.3 is 0 Å². The topological polar surface area (TPSA) is 38.9 Å². The van der Waals surface area contributed by atoms with Gasteiger partial charge in [0.25, 0.3) is 0 Å². The monoisotopic (exact) mass is 396 g/mol. The second kappa shape index (κ2) is 5.32. The van der Waals surface area contributed by atoms with Gasteiger partial charge in [0.15, 0.2) is 0 Å². The minimum Gasteiger partial charge on any atom is -0.320 e. The quantitative estimate of drug-likeness (QED) is 0.669. The molecule has 19 heavy (non-hydrogen) atoms. The summed E-state index contributed by atoms with van der Waals surface area (Å²) >= 11 is 8.65. The number of nitrogens with two attached hydrogens (primary N) is 1. The van der Waals surface area contributed by atoms with E-state index in [2.05, 4.69) is 55.0 Å². The predicted molar refractivity (Wildman–Crippen MR) is 87.5 cm³/mol. The Bertz CT molecular complexity index is 714. The van der Waals surface area contributed by atoms with Crippen LogP contribution in [0.3, 0.4) is 0 Å². The van der Waals surface area contributed by atoms with E-state index in [1.807, 2.05) is 24.5 Å². The van der Waals surface area contributed by atoms with Crippen molar-refractivity contribution in [1.29, 1.82) is 0 Å². The standard InChI is InChI=1S/C14H10Br2N2S/c15-11-5-12(19-14(11)16)13(17)10-7-18-6-8-3-1-2-4-9(8)10/h1-7,13H,17H2. The Morgan fingerprint density at radius 2 is 1.95 bits per heavy atom. The summed E-state index contributed by atoms with van der Waals surface area (Å²) in [5.41, 5.74) is 7.45. The van der Waals surface area contributed by atoms with Crippen molar-refractivity contribution in [1.82, 2.24) is 4.98 Å². The molecule has 2 heterocycles. The Morgan fingerprint density at radius 3 is 2.68 bits per heavy atom. The molecule has 0 aliphatic heterocycles. The molecule has 1 unspecified atom stereocenters. The largest absolute Gasteiger partial charge is 0.320 e. The molecule has 0 saturated heterocycles.